The Morgan fingerprint density at radius 1 is 1.07 bits per heavy atom. The third kappa shape index (κ3) is 5.71. The van der Waals surface area contributed by atoms with Crippen LogP contribution in [0.5, 0.6) is 0 Å². The Bertz CT molecular complexity index is 1660. The van der Waals surface area contributed by atoms with E-state index in [1.165, 1.54) is 11.6 Å². The molecule has 2 heterocycles. The molecule has 1 amide bonds. The molecule has 3 aromatic rings. The van der Waals surface area contributed by atoms with Gasteiger partial charge < -0.3 is 24.7 Å². The molecule has 1 aliphatic heterocycles. The van der Waals surface area contributed by atoms with E-state index in [2.05, 4.69) is 10.6 Å². The first-order valence-corrected chi connectivity index (χ1v) is 13.5. The molecule has 0 fully saturated rings. The number of fused-ring (bicyclic) bond motifs is 1. The van der Waals surface area contributed by atoms with E-state index in [1.54, 1.807) is 26.1 Å². The van der Waals surface area contributed by atoms with Gasteiger partial charge in [0.15, 0.2) is 0 Å². The van der Waals surface area contributed by atoms with Crippen LogP contribution in [0.25, 0.3) is 11.1 Å². The monoisotopic (exact) mass is 584 g/mol. The fraction of sp³-hybridized carbons (Fsp3) is 0.400. The van der Waals surface area contributed by atoms with E-state index in [4.69, 9.17) is 9.47 Å². The van der Waals surface area contributed by atoms with Crippen molar-refractivity contribution in [1.29, 1.82) is 0 Å². The van der Waals surface area contributed by atoms with Crippen molar-refractivity contribution in [2.75, 3.05) is 12.4 Å². The number of carbonyl (C=O) groups excluding carboxylic acids is 2. The van der Waals surface area contributed by atoms with E-state index < -0.39 is 46.4 Å². The minimum Gasteiger partial charge on any atom is -0.467 e. The zero-order valence-electron chi connectivity index (χ0n) is 24.4. The Morgan fingerprint density at radius 2 is 1.71 bits per heavy atom. The van der Waals surface area contributed by atoms with Gasteiger partial charge in [0.25, 0.3) is 11.5 Å². The molecule has 12 heteroatoms. The zero-order valence-corrected chi connectivity index (χ0v) is 24.4. The van der Waals surface area contributed by atoms with Crippen LogP contribution in [-0.2, 0) is 48.0 Å². The van der Waals surface area contributed by atoms with E-state index >= 15 is 0 Å². The zero-order chi connectivity index (χ0) is 30.9. The van der Waals surface area contributed by atoms with Crippen molar-refractivity contribution in [2.24, 2.45) is 14.1 Å². The van der Waals surface area contributed by atoms with Gasteiger partial charge in [-0.25, -0.2) is 18.4 Å². The fourth-order valence-electron chi connectivity index (χ4n) is 5.07. The number of hydrogen-bond donors (Lipinski definition) is 2. The van der Waals surface area contributed by atoms with Crippen molar-refractivity contribution >= 4 is 17.6 Å². The number of methoxy groups -OCH3 is 1. The number of anilines is 1. The van der Waals surface area contributed by atoms with Gasteiger partial charge in [-0.2, -0.15) is 0 Å². The number of carbonyl (C=O) groups is 2. The standard InChI is InChI=1S/C30H34F2N4O6/c1-7-15(2)33-18-11-22(31)26(23(32)12-18)27(37)34-24(29(39)41-6)10-17-8-9-19(21-14-42-13-20(17)21)25-16(3)35(4)30(40)36(5)28(25)38/h8-9,11-12,15,24,33H,7,10,13-14H2,1-6H3,(H,34,37)/t15-,24-/m0/s1. The summed E-state index contributed by atoms with van der Waals surface area (Å²) < 4.78 is 42.8. The van der Waals surface area contributed by atoms with Crippen LogP contribution >= 0.6 is 0 Å². The average Bonchev–Trinajstić information content (AvgIpc) is 3.45. The van der Waals surface area contributed by atoms with Gasteiger partial charge in [-0.15, -0.1) is 0 Å². The molecule has 0 saturated heterocycles. The molecule has 2 atom stereocenters. The van der Waals surface area contributed by atoms with E-state index in [0.29, 0.717) is 33.5 Å². The van der Waals surface area contributed by atoms with Crippen LogP contribution in [0.2, 0.25) is 0 Å². The minimum atomic E-state index is -1.28. The second kappa shape index (κ2) is 12.3. The highest BCUT2D eigenvalue weighted by Crippen LogP contribution is 2.34. The molecule has 0 saturated carbocycles. The number of rotatable bonds is 9. The third-order valence-corrected chi connectivity index (χ3v) is 7.76. The summed E-state index contributed by atoms with van der Waals surface area (Å²) in [6, 6.07) is 4.16. The number of hydrogen-bond acceptors (Lipinski definition) is 7. The number of amides is 1. The molecule has 1 aliphatic rings. The van der Waals surface area contributed by atoms with Crippen molar-refractivity contribution in [3.63, 3.8) is 0 Å². The number of nitrogens with zero attached hydrogens (tertiary/aromatic N) is 2. The van der Waals surface area contributed by atoms with Crippen molar-refractivity contribution in [1.82, 2.24) is 14.5 Å². The van der Waals surface area contributed by atoms with Gasteiger partial charge in [-0.1, -0.05) is 19.1 Å². The number of aromatic nitrogens is 2. The van der Waals surface area contributed by atoms with E-state index in [9.17, 15) is 28.0 Å². The Hall–Kier alpha value is -4.32. The summed E-state index contributed by atoms with van der Waals surface area (Å²) in [7, 11) is 4.13. The first-order chi connectivity index (χ1) is 19.9. The minimum absolute atomic E-state index is 0.0370. The van der Waals surface area contributed by atoms with Crippen LogP contribution in [0.1, 0.15) is 53.0 Å². The third-order valence-electron chi connectivity index (χ3n) is 7.76. The predicted molar refractivity (Wildman–Crippen MR) is 152 cm³/mol. The average molecular weight is 585 g/mol. The van der Waals surface area contributed by atoms with Gasteiger partial charge >= 0.3 is 11.7 Å². The molecule has 42 heavy (non-hydrogen) atoms. The van der Waals surface area contributed by atoms with E-state index in [1.807, 2.05) is 13.8 Å². The Morgan fingerprint density at radius 3 is 2.33 bits per heavy atom. The van der Waals surface area contributed by atoms with Crippen LogP contribution in [0.15, 0.2) is 33.9 Å². The lowest BCUT2D eigenvalue weighted by molar-refractivity contribution is -0.142. The summed E-state index contributed by atoms with van der Waals surface area (Å²) in [4.78, 5) is 51.2. The molecule has 2 N–H and O–H groups in total. The molecule has 0 spiro atoms. The lowest BCUT2D eigenvalue weighted by atomic mass is 9.90. The quantitative estimate of drug-likeness (QED) is 0.371. The van der Waals surface area contributed by atoms with Crippen molar-refractivity contribution in [3.8, 4) is 11.1 Å². The molecule has 0 aliphatic carbocycles. The van der Waals surface area contributed by atoms with Gasteiger partial charge in [-0.3, -0.25) is 14.2 Å². The van der Waals surface area contributed by atoms with Crippen LogP contribution in [0.4, 0.5) is 14.5 Å². The molecule has 2 aromatic carbocycles. The lowest BCUT2D eigenvalue weighted by Crippen LogP contribution is -2.43. The largest absolute Gasteiger partial charge is 0.467 e. The number of nitrogens with one attached hydrogen (secondary N) is 2. The molecule has 1 aromatic heterocycles. The lowest BCUT2D eigenvalue weighted by Gasteiger charge is -2.20. The van der Waals surface area contributed by atoms with Crippen molar-refractivity contribution in [2.45, 2.75) is 58.9 Å². The molecule has 10 nitrogen and oxygen atoms in total. The summed E-state index contributed by atoms with van der Waals surface area (Å²) in [5.41, 5.74) is 1.95. The van der Waals surface area contributed by atoms with Gasteiger partial charge in [0.2, 0.25) is 0 Å². The fourth-order valence-corrected chi connectivity index (χ4v) is 5.07. The summed E-state index contributed by atoms with van der Waals surface area (Å²) >= 11 is 0. The normalized spacial score (nSPS) is 13.8. The number of ether oxygens (including phenoxy) is 2. The highest BCUT2D eigenvalue weighted by atomic mass is 19.1. The van der Waals surface area contributed by atoms with Gasteiger partial charge in [0.1, 0.15) is 23.2 Å². The molecule has 0 unspecified atom stereocenters. The Balaban J connectivity index is 1.68. The maximum absolute atomic E-state index is 14.9. The summed E-state index contributed by atoms with van der Waals surface area (Å²) in [6.07, 6.45) is 0.662. The van der Waals surface area contributed by atoms with Crippen molar-refractivity contribution in [3.05, 3.63) is 84.7 Å². The highest BCUT2D eigenvalue weighted by Gasteiger charge is 2.30. The Kier molecular flexibility index (Phi) is 8.95. The smallest absolute Gasteiger partial charge is 0.330 e. The number of benzene rings is 2. The van der Waals surface area contributed by atoms with Crippen LogP contribution in [0.3, 0.4) is 0 Å². The summed E-state index contributed by atoms with van der Waals surface area (Å²) in [5.74, 6) is -4.06. The first kappa shape index (κ1) is 30.6. The maximum Gasteiger partial charge on any atom is 0.330 e. The van der Waals surface area contributed by atoms with Gasteiger partial charge in [-0.05, 0) is 54.7 Å². The van der Waals surface area contributed by atoms with Crippen LogP contribution < -0.4 is 21.9 Å². The Labute approximate surface area is 241 Å². The number of halogens is 2. The summed E-state index contributed by atoms with van der Waals surface area (Å²) in [5, 5.41) is 5.38. The second-order valence-corrected chi connectivity index (χ2v) is 10.4. The molecule has 0 radical (unpaired) electrons. The van der Waals surface area contributed by atoms with E-state index in [0.717, 1.165) is 30.2 Å². The molecular formula is C30H34F2N4O6. The number of esters is 1. The highest BCUT2D eigenvalue weighted by molar-refractivity contribution is 5.97. The molecular weight excluding hydrogens is 550 g/mol. The van der Waals surface area contributed by atoms with Crippen LogP contribution in [-0.4, -0.2) is 40.2 Å². The van der Waals surface area contributed by atoms with E-state index in [-0.39, 0.29) is 31.4 Å². The molecule has 224 valence electrons. The first-order valence-electron chi connectivity index (χ1n) is 13.5. The molecule has 0 bridgehead atoms. The topological polar surface area (TPSA) is 121 Å². The van der Waals surface area contributed by atoms with Crippen molar-refractivity contribution < 1.29 is 27.8 Å². The second-order valence-electron chi connectivity index (χ2n) is 10.4. The van der Waals surface area contributed by atoms with Gasteiger partial charge in [0.05, 0.1) is 25.9 Å². The summed E-state index contributed by atoms with van der Waals surface area (Å²) in [6.45, 7) is 5.82. The van der Waals surface area contributed by atoms with Crippen LogP contribution in [0, 0.1) is 18.6 Å². The molecule has 4 rings (SSSR count). The SMILES string of the molecule is CC[C@H](C)Nc1cc(F)c(C(=O)N[C@@H](Cc2ccc(-c3c(C)n(C)c(=O)n(C)c3=O)c3c2COC3)C(=O)OC)c(F)c1. The maximum atomic E-state index is 14.9. The van der Waals surface area contributed by atoms with Gasteiger partial charge in [0, 0.05) is 37.9 Å². The predicted octanol–water partition coefficient (Wildman–Crippen LogP) is 3.09.